The lowest BCUT2D eigenvalue weighted by atomic mass is 10.1. The van der Waals surface area contributed by atoms with Crippen molar-refractivity contribution in [3.63, 3.8) is 0 Å². The number of aryl methyl sites for hydroxylation is 1. The van der Waals surface area contributed by atoms with E-state index in [0.717, 1.165) is 12.1 Å². The van der Waals surface area contributed by atoms with Crippen LogP contribution < -0.4 is 10.6 Å². The number of carbonyl (C=O) groups is 2. The minimum atomic E-state index is -0.815. The highest BCUT2D eigenvalue weighted by atomic mass is 16.5. The zero-order chi connectivity index (χ0) is 14.4. The minimum absolute atomic E-state index is 0.104. The molecule has 0 radical (unpaired) electrons. The molecule has 1 atom stereocenters. The van der Waals surface area contributed by atoms with Gasteiger partial charge < -0.3 is 20.5 Å². The van der Waals surface area contributed by atoms with Gasteiger partial charge in [-0.3, -0.25) is 9.59 Å². The van der Waals surface area contributed by atoms with E-state index in [0.29, 0.717) is 25.3 Å². The van der Waals surface area contributed by atoms with Gasteiger partial charge in [-0.05, 0) is 24.1 Å². The molecule has 20 heavy (non-hydrogen) atoms. The number of ether oxygens (including phenoxy) is 1. The first-order valence-electron chi connectivity index (χ1n) is 6.59. The highest BCUT2D eigenvalue weighted by Crippen LogP contribution is 2.12. The van der Waals surface area contributed by atoms with Gasteiger partial charge in [0.2, 0.25) is 0 Å². The second kappa shape index (κ2) is 7.02. The Labute approximate surface area is 117 Å². The molecule has 0 spiro atoms. The van der Waals surface area contributed by atoms with Crippen LogP contribution in [-0.4, -0.2) is 42.8 Å². The number of carboxylic acid groups (broad SMARTS) is 1. The van der Waals surface area contributed by atoms with E-state index in [4.69, 9.17) is 9.84 Å². The molecule has 0 aromatic heterocycles. The Balaban J connectivity index is 1.86. The Hall–Kier alpha value is -1.92. The van der Waals surface area contributed by atoms with Crippen LogP contribution in [0, 0.1) is 0 Å². The summed E-state index contributed by atoms with van der Waals surface area (Å²) in [4.78, 5) is 22.4. The molecule has 1 aromatic rings. The van der Waals surface area contributed by atoms with Crippen molar-refractivity contribution in [2.24, 2.45) is 0 Å². The molecule has 1 aromatic carbocycles. The van der Waals surface area contributed by atoms with Crippen LogP contribution in [-0.2, 0) is 20.7 Å². The van der Waals surface area contributed by atoms with E-state index in [-0.39, 0.29) is 12.3 Å². The highest BCUT2D eigenvalue weighted by Gasteiger charge is 2.21. The third kappa shape index (κ3) is 4.32. The molecule has 3 N–H and O–H groups in total. The fourth-order valence-corrected chi connectivity index (χ4v) is 1.96. The molecular weight excluding hydrogens is 260 g/mol. The van der Waals surface area contributed by atoms with E-state index >= 15 is 0 Å². The lowest BCUT2D eigenvalue weighted by molar-refractivity contribution is -0.137. The van der Waals surface area contributed by atoms with Crippen LogP contribution in [0.15, 0.2) is 24.3 Å². The summed E-state index contributed by atoms with van der Waals surface area (Å²) in [5.74, 6) is -0.986. The molecule has 0 aliphatic carbocycles. The summed E-state index contributed by atoms with van der Waals surface area (Å²) in [6.07, 6.45) is 0.127. The number of rotatable bonds is 5. The average Bonchev–Trinajstić information content (AvgIpc) is 2.47. The number of hydrogen-bond acceptors (Lipinski definition) is 4. The van der Waals surface area contributed by atoms with E-state index in [1.807, 2.05) is 12.1 Å². The van der Waals surface area contributed by atoms with E-state index in [9.17, 15) is 9.59 Å². The quantitative estimate of drug-likeness (QED) is 0.735. The van der Waals surface area contributed by atoms with Crippen LogP contribution in [0.5, 0.6) is 0 Å². The topological polar surface area (TPSA) is 87.7 Å². The van der Waals surface area contributed by atoms with Crippen molar-refractivity contribution in [2.75, 3.05) is 25.0 Å². The number of carbonyl (C=O) groups excluding carboxylic acids is 1. The molecule has 2 rings (SSSR count). The van der Waals surface area contributed by atoms with Crippen molar-refractivity contribution in [2.45, 2.75) is 18.9 Å². The number of aliphatic carboxylic acids is 1. The van der Waals surface area contributed by atoms with Gasteiger partial charge in [0.1, 0.15) is 6.10 Å². The zero-order valence-electron chi connectivity index (χ0n) is 11.1. The second-order valence-electron chi connectivity index (χ2n) is 4.64. The predicted molar refractivity (Wildman–Crippen MR) is 73.6 cm³/mol. The molecule has 1 amide bonds. The molecule has 1 fully saturated rings. The maximum absolute atomic E-state index is 11.9. The summed E-state index contributed by atoms with van der Waals surface area (Å²) >= 11 is 0. The molecule has 1 aliphatic heterocycles. The van der Waals surface area contributed by atoms with Crippen LogP contribution in [0.4, 0.5) is 5.69 Å². The minimum Gasteiger partial charge on any atom is -0.481 e. The fraction of sp³-hybridized carbons (Fsp3) is 0.429. The Morgan fingerprint density at radius 1 is 1.35 bits per heavy atom. The smallest absolute Gasteiger partial charge is 0.303 e. The van der Waals surface area contributed by atoms with Crippen molar-refractivity contribution in [1.29, 1.82) is 0 Å². The van der Waals surface area contributed by atoms with E-state index < -0.39 is 12.1 Å². The summed E-state index contributed by atoms with van der Waals surface area (Å²) in [5.41, 5.74) is 1.62. The maximum Gasteiger partial charge on any atom is 0.303 e. The van der Waals surface area contributed by atoms with Gasteiger partial charge in [-0.25, -0.2) is 0 Å². The van der Waals surface area contributed by atoms with Gasteiger partial charge in [0.15, 0.2) is 0 Å². The van der Waals surface area contributed by atoms with Crippen LogP contribution in [0.1, 0.15) is 12.0 Å². The molecule has 6 nitrogen and oxygen atoms in total. The van der Waals surface area contributed by atoms with Gasteiger partial charge in [0.05, 0.1) is 6.61 Å². The number of carboxylic acids is 1. The summed E-state index contributed by atoms with van der Waals surface area (Å²) in [6.45, 7) is 1.82. The van der Waals surface area contributed by atoms with Crippen LogP contribution in [0.25, 0.3) is 0 Å². The first-order valence-corrected chi connectivity index (χ1v) is 6.59. The Kier molecular flexibility index (Phi) is 5.09. The van der Waals surface area contributed by atoms with Crippen molar-refractivity contribution < 1.29 is 19.4 Å². The van der Waals surface area contributed by atoms with Crippen molar-refractivity contribution in [3.05, 3.63) is 29.8 Å². The average molecular weight is 278 g/mol. The molecule has 1 heterocycles. The Bertz CT molecular complexity index is 467. The number of benzene rings is 1. The number of anilines is 1. The van der Waals surface area contributed by atoms with Crippen molar-refractivity contribution in [3.8, 4) is 0 Å². The normalized spacial score (nSPS) is 18.5. The van der Waals surface area contributed by atoms with Gasteiger partial charge in [-0.2, -0.15) is 0 Å². The lowest BCUT2D eigenvalue weighted by Gasteiger charge is -2.22. The van der Waals surface area contributed by atoms with E-state index in [1.54, 1.807) is 12.1 Å². The van der Waals surface area contributed by atoms with Crippen LogP contribution >= 0.6 is 0 Å². The monoisotopic (exact) mass is 278 g/mol. The molecule has 6 heteroatoms. The number of hydrogen-bond donors (Lipinski definition) is 3. The lowest BCUT2D eigenvalue weighted by Crippen LogP contribution is -2.45. The SMILES string of the molecule is O=C(O)CCc1ccc(NC(=O)C2CNCCO2)cc1. The number of morpholine rings is 1. The zero-order valence-corrected chi connectivity index (χ0v) is 11.1. The molecule has 0 saturated carbocycles. The summed E-state index contributed by atoms with van der Waals surface area (Å²) in [5, 5.41) is 14.5. The predicted octanol–water partition coefficient (Wildman–Crippen LogP) is 0.631. The van der Waals surface area contributed by atoms with Crippen LogP contribution in [0.2, 0.25) is 0 Å². The second-order valence-corrected chi connectivity index (χ2v) is 4.64. The highest BCUT2D eigenvalue weighted by molar-refractivity contribution is 5.94. The van der Waals surface area contributed by atoms with Gasteiger partial charge in [0, 0.05) is 25.2 Å². The Morgan fingerprint density at radius 3 is 2.70 bits per heavy atom. The number of nitrogens with one attached hydrogen (secondary N) is 2. The van der Waals surface area contributed by atoms with Gasteiger partial charge in [-0.15, -0.1) is 0 Å². The molecule has 1 saturated heterocycles. The first kappa shape index (κ1) is 14.5. The molecule has 108 valence electrons. The van der Waals surface area contributed by atoms with Crippen LogP contribution in [0.3, 0.4) is 0 Å². The fourth-order valence-electron chi connectivity index (χ4n) is 1.96. The van der Waals surface area contributed by atoms with Crippen molar-refractivity contribution >= 4 is 17.6 Å². The Morgan fingerprint density at radius 2 is 2.10 bits per heavy atom. The van der Waals surface area contributed by atoms with E-state index in [1.165, 1.54) is 0 Å². The third-order valence-corrected chi connectivity index (χ3v) is 3.07. The number of amides is 1. The van der Waals surface area contributed by atoms with Gasteiger partial charge in [0.25, 0.3) is 5.91 Å². The molecule has 1 unspecified atom stereocenters. The van der Waals surface area contributed by atoms with Crippen molar-refractivity contribution in [1.82, 2.24) is 5.32 Å². The molecule has 0 bridgehead atoms. The third-order valence-electron chi connectivity index (χ3n) is 3.07. The largest absolute Gasteiger partial charge is 0.481 e. The molecule has 1 aliphatic rings. The first-order chi connectivity index (χ1) is 9.65. The summed E-state index contributed by atoms with van der Waals surface area (Å²) in [7, 11) is 0. The standard InChI is InChI=1S/C14H18N2O4/c17-13(18)6-3-10-1-4-11(5-2-10)16-14(19)12-9-15-7-8-20-12/h1-2,4-5,12,15H,3,6-9H2,(H,16,19)(H,17,18). The molecular formula is C14H18N2O4. The van der Waals surface area contributed by atoms with Gasteiger partial charge >= 0.3 is 5.97 Å². The van der Waals surface area contributed by atoms with E-state index in [2.05, 4.69) is 10.6 Å². The maximum atomic E-state index is 11.9. The summed E-state index contributed by atoms with van der Waals surface area (Å²) < 4.78 is 5.36. The van der Waals surface area contributed by atoms with Gasteiger partial charge in [-0.1, -0.05) is 12.1 Å². The summed E-state index contributed by atoms with van der Waals surface area (Å²) in [6, 6.07) is 7.17.